The Labute approximate surface area is 176 Å². The van der Waals surface area contributed by atoms with Crippen LogP contribution in [0.3, 0.4) is 0 Å². The summed E-state index contributed by atoms with van der Waals surface area (Å²) < 4.78 is 5.24. The van der Waals surface area contributed by atoms with Crippen molar-refractivity contribution in [1.29, 1.82) is 0 Å². The van der Waals surface area contributed by atoms with Gasteiger partial charge in [0.1, 0.15) is 11.6 Å². The van der Waals surface area contributed by atoms with Crippen LogP contribution < -0.4 is 10.6 Å². The number of rotatable bonds is 6. The van der Waals surface area contributed by atoms with E-state index < -0.39 is 0 Å². The van der Waals surface area contributed by atoms with Crippen molar-refractivity contribution in [1.82, 2.24) is 24.8 Å². The largest absolute Gasteiger partial charge is 0.384 e. The summed E-state index contributed by atoms with van der Waals surface area (Å²) in [4.78, 5) is 23.3. The Bertz CT molecular complexity index is 1040. The number of aromatic nitrogens is 4. The highest BCUT2D eigenvalue weighted by Gasteiger charge is 2.29. The van der Waals surface area contributed by atoms with Gasteiger partial charge in [0.05, 0.1) is 18.3 Å². The smallest absolute Gasteiger partial charge is 0.162 e. The number of hydrogen-bond acceptors (Lipinski definition) is 8. The van der Waals surface area contributed by atoms with Gasteiger partial charge in [0.15, 0.2) is 5.82 Å². The van der Waals surface area contributed by atoms with Crippen molar-refractivity contribution >= 4 is 22.5 Å². The Balaban J connectivity index is 1.56. The Hall–Kier alpha value is -2.84. The van der Waals surface area contributed by atoms with E-state index in [1.54, 1.807) is 13.3 Å². The number of ether oxygens (including phenoxy) is 1. The van der Waals surface area contributed by atoms with Gasteiger partial charge in [0, 0.05) is 63.2 Å². The maximum absolute atomic E-state index is 5.91. The van der Waals surface area contributed by atoms with E-state index in [1.807, 2.05) is 24.5 Å². The molecule has 2 N–H and O–H groups in total. The number of nitrogens with zero attached hydrogens (tertiary/aromatic N) is 6. The number of fused-ring (bicyclic) bond motifs is 1. The third-order valence-electron chi connectivity index (χ3n) is 5.96. The van der Waals surface area contributed by atoms with Gasteiger partial charge in [-0.1, -0.05) is 0 Å². The van der Waals surface area contributed by atoms with E-state index in [9.17, 15) is 0 Å². The average Bonchev–Trinajstić information content (AvgIpc) is 3.62. The first kappa shape index (κ1) is 19.1. The molecule has 1 aliphatic heterocycles. The minimum Gasteiger partial charge on any atom is -0.384 e. The van der Waals surface area contributed by atoms with E-state index in [2.05, 4.69) is 19.8 Å². The van der Waals surface area contributed by atoms with E-state index in [-0.39, 0.29) is 0 Å². The molecule has 8 heteroatoms. The van der Waals surface area contributed by atoms with Crippen LogP contribution in [0.25, 0.3) is 22.3 Å². The monoisotopic (exact) mass is 405 g/mol. The zero-order valence-corrected chi connectivity index (χ0v) is 17.3. The molecule has 3 aromatic rings. The third-order valence-corrected chi connectivity index (χ3v) is 5.96. The van der Waals surface area contributed by atoms with Crippen molar-refractivity contribution in [3.8, 4) is 11.4 Å². The number of nitrogens with two attached hydrogens (primary N) is 1. The minimum atomic E-state index is 0.467. The summed E-state index contributed by atoms with van der Waals surface area (Å²) in [5.74, 6) is 2.73. The lowest BCUT2D eigenvalue weighted by Crippen LogP contribution is -2.47. The van der Waals surface area contributed by atoms with Gasteiger partial charge in [-0.05, 0) is 36.5 Å². The number of piperazine rings is 1. The lowest BCUT2D eigenvalue weighted by atomic mass is 10.1. The molecule has 5 rings (SSSR count). The Kier molecular flexibility index (Phi) is 5.18. The van der Waals surface area contributed by atoms with Gasteiger partial charge in [0.2, 0.25) is 0 Å². The first-order valence-electron chi connectivity index (χ1n) is 10.6. The third kappa shape index (κ3) is 3.80. The highest BCUT2D eigenvalue weighted by atomic mass is 16.5. The van der Waals surface area contributed by atoms with Crippen LogP contribution in [0.5, 0.6) is 0 Å². The van der Waals surface area contributed by atoms with Crippen LogP contribution >= 0.6 is 0 Å². The second-order valence-electron chi connectivity index (χ2n) is 8.06. The first-order valence-corrected chi connectivity index (χ1v) is 10.6. The van der Waals surface area contributed by atoms with E-state index in [4.69, 9.17) is 20.4 Å². The number of methoxy groups -OCH3 is 1. The predicted molar refractivity (Wildman–Crippen MR) is 117 cm³/mol. The van der Waals surface area contributed by atoms with Gasteiger partial charge in [-0.3, -0.25) is 9.88 Å². The maximum atomic E-state index is 5.91. The van der Waals surface area contributed by atoms with Crippen molar-refractivity contribution in [3.63, 3.8) is 0 Å². The van der Waals surface area contributed by atoms with Crippen LogP contribution in [0.15, 0.2) is 30.7 Å². The maximum Gasteiger partial charge on any atom is 0.162 e. The molecule has 0 atom stereocenters. The van der Waals surface area contributed by atoms with Gasteiger partial charge in [-0.15, -0.1) is 0 Å². The van der Waals surface area contributed by atoms with Crippen LogP contribution in [0.1, 0.15) is 24.3 Å². The molecule has 1 aliphatic carbocycles. The van der Waals surface area contributed by atoms with Gasteiger partial charge in [-0.2, -0.15) is 0 Å². The molecule has 1 saturated carbocycles. The molecule has 0 spiro atoms. The second-order valence-corrected chi connectivity index (χ2v) is 8.06. The minimum absolute atomic E-state index is 0.467. The summed E-state index contributed by atoms with van der Waals surface area (Å²) in [5, 5.41) is 1.16. The first-order chi connectivity index (χ1) is 14.7. The molecule has 8 nitrogen and oxygen atoms in total. The normalized spacial score (nSPS) is 17.6. The lowest BCUT2D eigenvalue weighted by molar-refractivity contribution is 0.144. The number of anilines is 2. The highest BCUT2D eigenvalue weighted by molar-refractivity contribution is 5.94. The molecule has 0 aromatic carbocycles. The van der Waals surface area contributed by atoms with Crippen molar-refractivity contribution in [2.75, 3.05) is 57.1 Å². The number of nitrogen functional groups attached to an aromatic ring is 1. The zero-order valence-electron chi connectivity index (χ0n) is 17.3. The van der Waals surface area contributed by atoms with E-state index >= 15 is 0 Å². The molecule has 156 valence electrons. The zero-order chi connectivity index (χ0) is 20.5. The average molecular weight is 406 g/mol. The molecule has 30 heavy (non-hydrogen) atoms. The van der Waals surface area contributed by atoms with E-state index in [0.29, 0.717) is 17.6 Å². The van der Waals surface area contributed by atoms with Gasteiger partial charge in [0.25, 0.3) is 0 Å². The van der Waals surface area contributed by atoms with Crippen molar-refractivity contribution in [2.45, 2.75) is 18.8 Å². The molecule has 0 unspecified atom stereocenters. The van der Waals surface area contributed by atoms with Gasteiger partial charge < -0.3 is 15.4 Å². The van der Waals surface area contributed by atoms with Crippen molar-refractivity contribution in [3.05, 3.63) is 36.3 Å². The van der Waals surface area contributed by atoms with Crippen LogP contribution in [0.4, 0.5) is 11.6 Å². The Morgan fingerprint density at radius 2 is 1.97 bits per heavy atom. The predicted octanol–water partition coefficient (Wildman–Crippen LogP) is 2.31. The van der Waals surface area contributed by atoms with Gasteiger partial charge in [-0.25, -0.2) is 15.0 Å². The SMILES string of the molecule is COCCN1CCN(c2nc(-c3ccnc(N)c3)nc3cncc(C4CC4)c23)CC1. The van der Waals surface area contributed by atoms with Crippen molar-refractivity contribution in [2.24, 2.45) is 0 Å². The highest BCUT2D eigenvalue weighted by Crippen LogP contribution is 2.44. The molecule has 2 fully saturated rings. The fourth-order valence-corrected chi connectivity index (χ4v) is 4.14. The Morgan fingerprint density at radius 1 is 1.13 bits per heavy atom. The molecule has 3 aromatic heterocycles. The molecule has 2 aliphatic rings. The van der Waals surface area contributed by atoms with Crippen LogP contribution in [-0.4, -0.2) is 71.3 Å². The fraction of sp³-hybridized carbons (Fsp3) is 0.455. The lowest BCUT2D eigenvalue weighted by Gasteiger charge is -2.36. The van der Waals surface area contributed by atoms with Crippen LogP contribution in [-0.2, 0) is 4.74 Å². The Morgan fingerprint density at radius 3 is 2.70 bits per heavy atom. The van der Waals surface area contributed by atoms with E-state index in [1.165, 1.54) is 18.4 Å². The second kappa shape index (κ2) is 8.12. The van der Waals surface area contributed by atoms with Gasteiger partial charge >= 0.3 is 0 Å². The summed E-state index contributed by atoms with van der Waals surface area (Å²) in [7, 11) is 1.75. The summed E-state index contributed by atoms with van der Waals surface area (Å²) in [5.41, 5.74) is 8.97. The van der Waals surface area contributed by atoms with Crippen LogP contribution in [0.2, 0.25) is 0 Å². The summed E-state index contributed by atoms with van der Waals surface area (Å²) >= 11 is 0. The molecule has 0 amide bonds. The molecule has 0 bridgehead atoms. The number of hydrogen-bond donors (Lipinski definition) is 1. The molecule has 4 heterocycles. The summed E-state index contributed by atoms with van der Waals surface area (Å²) in [6.45, 7) is 5.59. The fourth-order valence-electron chi connectivity index (χ4n) is 4.14. The van der Waals surface area contributed by atoms with E-state index in [0.717, 1.165) is 61.6 Å². The molecule has 1 saturated heterocycles. The topological polar surface area (TPSA) is 93.3 Å². The molecular weight excluding hydrogens is 378 g/mol. The molecule has 0 radical (unpaired) electrons. The standard InChI is InChI=1S/C22H27N7O/c1-30-11-10-28-6-8-29(9-7-28)22-20-17(15-2-3-15)13-24-14-18(20)26-21(27-22)16-4-5-25-19(23)12-16/h4-5,12-15H,2-3,6-11H2,1H3,(H2,23,25). The summed E-state index contributed by atoms with van der Waals surface area (Å²) in [6, 6.07) is 3.73. The summed E-state index contributed by atoms with van der Waals surface area (Å²) in [6.07, 6.45) is 7.99. The van der Waals surface area contributed by atoms with Crippen molar-refractivity contribution < 1.29 is 4.74 Å². The quantitative estimate of drug-likeness (QED) is 0.668. The number of pyridine rings is 2. The molecular formula is C22H27N7O. The van der Waals surface area contributed by atoms with Crippen LogP contribution in [0, 0.1) is 0 Å².